The fraction of sp³-hybridized carbons (Fsp3) is 0.474. The van der Waals surface area contributed by atoms with Crippen LogP contribution in [0.15, 0.2) is 32.8 Å². The minimum Gasteiger partial charge on any atom is -0.319 e. The van der Waals surface area contributed by atoms with E-state index in [0.29, 0.717) is 36.1 Å². The molecule has 0 spiro atoms. The number of nitrogens with one attached hydrogen (secondary N) is 1. The molecule has 1 saturated heterocycles. The summed E-state index contributed by atoms with van der Waals surface area (Å²) in [4.78, 5) is 21.0. The van der Waals surface area contributed by atoms with Gasteiger partial charge in [0.05, 0.1) is 21.7 Å². The van der Waals surface area contributed by atoms with Gasteiger partial charge in [0.2, 0.25) is 15.9 Å². The average molecular weight is 465 g/mol. The fourth-order valence-corrected chi connectivity index (χ4v) is 5.97. The van der Waals surface area contributed by atoms with Gasteiger partial charge in [0.15, 0.2) is 11.0 Å². The minimum atomic E-state index is -3.53. The van der Waals surface area contributed by atoms with E-state index in [4.69, 9.17) is 4.52 Å². The molecule has 1 aliphatic heterocycles. The molecule has 3 aromatic rings. The maximum Gasteiger partial charge on any atom is 0.328 e. The van der Waals surface area contributed by atoms with Crippen LogP contribution in [0.25, 0.3) is 11.0 Å². The molecule has 166 valence electrons. The Morgan fingerprint density at radius 1 is 1.23 bits per heavy atom. The largest absolute Gasteiger partial charge is 0.328 e. The van der Waals surface area contributed by atoms with E-state index in [1.54, 1.807) is 29.4 Å². The highest BCUT2D eigenvalue weighted by Crippen LogP contribution is 2.28. The van der Waals surface area contributed by atoms with Gasteiger partial charge in [-0.3, -0.25) is 10.1 Å². The van der Waals surface area contributed by atoms with Crippen LogP contribution in [0.5, 0.6) is 0 Å². The molecule has 0 saturated carbocycles. The van der Waals surface area contributed by atoms with Crippen molar-refractivity contribution in [2.75, 3.05) is 24.2 Å². The molecule has 0 aliphatic carbocycles. The van der Waals surface area contributed by atoms with Crippen molar-refractivity contribution in [3.05, 3.63) is 24.0 Å². The molecule has 3 heterocycles. The lowest BCUT2D eigenvalue weighted by molar-refractivity contribution is -0.114. The van der Waals surface area contributed by atoms with Gasteiger partial charge in [-0.05, 0) is 44.9 Å². The van der Waals surface area contributed by atoms with E-state index in [0.717, 1.165) is 24.8 Å². The summed E-state index contributed by atoms with van der Waals surface area (Å²) in [5.41, 5.74) is 1.42. The lowest BCUT2D eigenvalue weighted by Crippen LogP contribution is -2.35. The van der Waals surface area contributed by atoms with Crippen LogP contribution in [-0.4, -0.2) is 57.2 Å². The zero-order chi connectivity index (χ0) is 22.0. The first-order chi connectivity index (χ1) is 14.9. The normalized spacial score (nSPS) is 15.4. The van der Waals surface area contributed by atoms with Crippen LogP contribution in [0.2, 0.25) is 0 Å². The number of aryl methyl sites for hydroxylation is 2. The second kappa shape index (κ2) is 8.97. The maximum absolute atomic E-state index is 13.0. The zero-order valence-corrected chi connectivity index (χ0v) is 19.0. The zero-order valence-electron chi connectivity index (χ0n) is 17.4. The lowest BCUT2D eigenvalue weighted by atomic mass is 10.2. The summed E-state index contributed by atoms with van der Waals surface area (Å²) in [6, 6.07) is 5.10. The summed E-state index contributed by atoms with van der Waals surface area (Å²) in [7, 11) is -3.53. The number of nitrogens with zero attached hydrogens (tertiary/aromatic N) is 5. The van der Waals surface area contributed by atoms with Crippen LogP contribution in [0.1, 0.15) is 32.0 Å². The summed E-state index contributed by atoms with van der Waals surface area (Å²) < 4.78 is 34.4. The first-order valence-electron chi connectivity index (χ1n) is 10.1. The van der Waals surface area contributed by atoms with E-state index in [2.05, 4.69) is 20.4 Å². The second-order valence-electron chi connectivity index (χ2n) is 7.24. The minimum absolute atomic E-state index is 0.0552. The highest BCUT2D eigenvalue weighted by Gasteiger charge is 2.26. The van der Waals surface area contributed by atoms with Crippen molar-refractivity contribution in [2.24, 2.45) is 0 Å². The van der Waals surface area contributed by atoms with Crippen molar-refractivity contribution < 1.29 is 17.7 Å². The summed E-state index contributed by atoms with van der Waals surface area (Å²) in [6.07, 6.45) is 2.84. The number of piperidine rings is 1. The number of carbonyl (C=O) groups is 1. The number of amides is 1. The van der Waals surface area contributed by atoms with Crippen LogP contribution in [0.4, 0.5) is 6.01 Å². The number of fused-ring (bicyclic) bond motifs is 1. The van der Waals surface area contributed by atoms with Gasteiger partial charge in [-0.2, -0.15) is 9.29 Å². The molecular weight excluding hydrogens is 440 g/mol. The number of hydrogen-bond acceptors (Lipinski definition) is 8. The van der Waals surface area contributed by atoms with Crippen LogP contribution >= 0.6 is 11.8 Å². The highest BCUT2D eigenvalue weighted by atomic mass is 32.2. The molecule has 1 aliphatic rings. The van der Waals surface area contributed by atoms with E-state index in [1.807, 2.05) is 11.5 Å². The predicted molar refractivity (Wildman–Crippen MR) is 116 cm³/mol. The summed E-state index contributed by atoms with van der Waals surface area (Å²) in [5.74, 6) is 0.242. The topological polar surface area (TPSA) is 123 Å². The van der Waals surface area contributed by atoms with E-state index < -0.39 is 10.0 Å². The molecular formula is C19H24N6O4S2. The number of sulfonamides is 1. The van der Waals surface area contributed by atoms with E-state index in [9.17, 15) is 13.2 Å². The molecule has 1 N–H and O–H groups in total. The Hall–Kier alpha value is -2.44. The van der Waals surface area contributed by atoms with E-state index in [-0.39, 0.29) is 22.6 Å². The molecule has 1 aromatic carbocycles. The third-order valence-corrected chi connectivity index (χ3v) is 7.93. The van der Waals surface area contributed by atoms with Gasteiger partial charge in [0, 0.05) is 19.6 Å². The smallest absolute Gasteiger partial charge is 0.319 e. The number of carbonyl (C=O) groups excluding carboxylic acids is 1. The van der Waals surface area contributed by atoms with Gasteiger partial charge >= 0.3 is 6.01 Å². The Labute approximate surface area is 184 Å². The Kier molecular flexibility index (Phi) is 6.30. The number of thioether (sulfide) groups is 1. The van der Waals surface area contributed by atoms with Crippen LogP contribution in [0.3, 0.4) is 0 Å². The standard InChI is InChI=1S/C19H24N6O4S2/c1-3-25-16-8-7-14(31(27,28)24-9-5-4-6-10-24)11-15(16)21-19(25)30-12-17(26)22-18-20-13(2)23-29-18/h7-8,11H,3-6,9-10,12H2,1-2H3,(H,20,22,23,26). The maximum atomic E-state index is 13.0. The third kappa shape index (κ3) is 4.60. The summed E-state index contributed by atoms with van der Waals surface area (Å²) >= 11 is 1.26. The molecule has 1 amide bonds. The average Bonchev–Trinajstić information content (AvgIpc) is 3.34. The summed E-state index contributed by atoms with van der Waals surface area (Å²) in [6.45, 7) is 5.39. The monoisotopic (exact) mass is 464 g/mol. The van der Waals surface area contributed by atoms with Gasteiger partial charge in [-0.1, -0.05) is 23.3 Å². The number of anilines is 1. The van der Waals surface area contributed by atoms with Crippen LogP contribution in [-0.2, 0) is 21.4 Å². The molecule has 0 radical (unpaired) electrons. The molecule has 0 unspecified atom stereocenters. The molecule has 4 rings (SSSR count). The number of benzene rings is 1. The predicted octanol–water partition coefficient (Wildman–Crippen LogP) is 2.65. The quantitative estimate of drug-likeness (QED) is 0.529. The molecule has 0 atom stereocenters. The number of rotatable bonds is 7. The van der Waals surface area contributed by atoms with Crippen molar-refractivity contribution in [1.82, 2.24) is 24.0 Å². The molecule has 0 bridgehead atoms. The number of hydrogen-bond donors (Lipinski definition) is 1. The van der Waals surface area contributed by atoms with Crippen molar-refractivity contribution >= 4 is 44.7 Å². The van der Waals surface area contributed by atoms with Crippen LogP contribution in [0, 0.1) is 6.92 Å². The molecule has 31 heavy (non-hydrogen) atoms. The Bertz CT molecular complexity index is 1200. The van der Waals surface area contributed by atoms with Crippen molar-refractivity contribution in [3.8, 4) is 0 Å². The second-order valence-corrected chi connectivity index (χ2v) is 10.1. The summed E-state index contributed by atoms with van der Waals surface area (Å²) in [5, 5.41) is 6.82. The van der Waals surface area contributed by atoms with Gasteiger partial charge < -0.3 is 9.09 Å². The van der Waals surface area contributed by atoms with Crippen molar-refractivity contribution in [3.63, 3.8) is 0 Å². The lowest BCUT2D eigenvalue weighted by Gasteiger charge is -2.25. The van der Waals surface area contributed by atoms with Gasteiger partial charge in [0.25, 0.3) is 0 Å². The molecule has 2 aromatic heterocycles. The molecule has 1 fully saturated rings. The fourth-order valence-electron chi connectivity index (χ4n) is 3.55. The Morgan fingerprint density at radius 2 is 2.00 bits per heavy atom. The molecule has 12 heteroatoms. The van der Waals surface area contributed by atoms with Gasteiger partial charge in [0.1, 0.15) is 0 Å². The SMILES string of the molecule is CCn1c(SCC(=O)Nc2nc(C)no2)nc2cc(S(=O)(=O)N3CCCCC3)ccc21. The first-order valence-corrected chi connectivity index (χ1v) is 12.5. The van der Waals surface area contributed by atoms with Gasteiger partial charge in [-0.25, -0.2) is 13.4 Å². The van der Waals surface area contributed by atoms with E-state index in [1.165, 1.54) is 11.8 Å². The molecule has 10 nitrogen and oxygen atoms in total. The van der Waals surface area contributed by atoms with Crippen molar-refractivity contribution in [1.29, 1.82) is 0 Å². The van der Waals surface area contributed by atoms with Gasteiger partial charge in [-0.15, -0.1) is 0 Å². The highest BCUT2D eigenvalue weighted by molar-refractivity contribution is 7.99. The van der Waals surface area contributed by atoms with Crippen LogP contribution < -0.4 is 5.32 Å². The Balaban J connectivity index is 1.53. The van der Waals surface area contributed by atoms with E-state index >= 15 is 0 Å². The number of imidazole rings is 1. The first kappa shape index (κ1) is 21.8. The Morgan fingerprint density at radius 3 is 2.68 bits per heavy atom. The third-order valence-electron chi connectivity index (χ3n) is 5.06. The number of aromatic nitrogens is 4. The van der Waals surface area contributed by atoms with Crippen molar-refractivity contribution in [2.45, 2.75) is 49.7 Å².